The quantitative estimate of drug-likeness (QED) is 0.323. The summed E-state index contributed by atoms with van der Waals surface area (Å²) in [5.41, 5.74) is 1.26. The lowest BCUT2D eigenvalue weighted by molar-refractivity contribution is -0.123. The average molecular weight is 594 g/mol. The molecule has 1 heterocycles. The van der Waals surface area contributed by atoms with E-state index in [1.165, 1.54) is 0 Å². The summed E-state index contributed by atoms with van der Waals surface area (Å²) in [5, 5.41) is 4.17. The first-order valence-corrected chi connectivity index (χ1v) is 15.3. The molecule has 2 aliphatic rings. The minimum absolute atomic E-state index is 0.0130. The first-order valence-electron chi connectivity index (χ1n) is 12.7. The molecule has 3 aromatic carbocycles. The number of amides is 1. The second-order valence-corrected chi connectivity index (χ2v) is 13.7. The zero-order valence-corrected chi connectivity index (χ0v) is 23.4. The SMILES string of the molecule is O=C(NCC1(CS(=O)(=O)Cc2cc(F)cc(F)c2)CN(C(c2ccc(Cl)cc2)c2ccc(Cl)cc2)C1)C1CC1. The van der Waals surface area contributed by atoms with Crippen molar-refractivity contribution in [2.45, 2.75) is 24.6 Å². The Morgan fingerprint density at radius 1 is 0.923 bits per heavy atom. The lowest BCUT2D eigenvalue weighted by Crippen LogP contribution is -2.64. The van der Waals surface area contributed by atoms with Gasteiger partial charge in [-0.3, -0.25) is 9.69 Å². The topological polar surface area (TPSA) is 66.5 Å². The number of carbonyl (C=O) groups is 1. The van der Waals surface area contributed by atoms with Crippen molar-refractivity contribution < 1.29 is 22.0 Å². The molecule has 0 atom stereocenters. The largest absolute Gasteiger partial charge is 0.355 e. The van der Waals surface area contributed by atoms with Crippen molar-refractivity contribution in [3.05, 3.63) is 105 Å². The van der Waals surface area contributed by atoms with Gasteiger partial charge in [0.25, 0.3) is 0 Å². The van der Waals surface area contributed by atoms with E-state index in [0.717, 1.165) is 36.1 Å². The average Bonchev–Trinajstić information content (AvgIpc) is 3.68. The van der Waals surface area contributed by atoms with Crippen molar-refractivity contribution in [3.8, 4) is 0 Å². The van der Waals surface area contributed by atoms with Crippen LogP contribution in [-0.2, 0) is 20.4 Å². The zero-order valence-electron chi connectivity index (χ0n) is 21.0. The van der Waals surface area contributed by atoms with Crippen LogP contribution in [0.1, 0.15) is 35.6 Å². The minimum Gasteiger partial charge on any atom is -0.355 e. The van der Waals surface area contributed by atoms with E-state index >= 15 is 0 Å². The van der Waals surface area contributed by atoms with E-state index in [-0.39, 0.29) is 35.7 Å². The van der Waals surface area contributed by atoms with Gasteiger partial charge in [-0.15, -0.1) is 0 Å². The molecule has 0 unspecified atom stereocenters. The Hall–Kier alpha value is -2.52. The predicted molar refractivity (Wildman–Crippen MR) is 148 cm³/mol. The Kier molecular flexibility index (Phi) is 8.02. The lowest BCUT2D eigenvalue weighted by atomic mass is 9.78. The van der Waals surface area contributed by atoms with Gasteiger partial charge in [0.2, 0.25) is 5.91 Å². The summed E-state index contributed by atoms with van der Waals surface area (Å²) in [6, 6.07) is 17.6. The summed E-state index contributed by atoms with van der Waals surface area (Å²) in [5.74, 6) is -2.44. The molecule has 0 radical (unpaired) electrons. The molecule has 1 N–H and O–H groups in total. The lowest BCUT2D eigenvalue weighted by Gasteiger charge is -2.53. The number of benzene rings is 3. The first-order chi connectivity index (χ1) is 18.5. The van der Waals surface area contributed by atoms with E-state index in [1.807, 2.05) is 48.5 Å². The van der Waals surface area contributed by atoms with E-state index < -0.39 is 32.6 Å². The second kappa shape index (κ2) is 11.2. The third kappa shape index (κ3) is 6.98. The molecular weight excluding hydrogens is 565 g/mol. The molecule has 39 heavy (non-hydrogen) atoms. The van der Waals surface area contributed by atoms with Gasteiger partial charge in [0.05, 0.1) is 17.5 Å². The summed E-state index contributed by atoms with van der Waals surface area (Å²) < 4.78 is 54.0. The highest BCUT2D eigenvalue weighted by Crippen LogP contribution is 2.42. The van der Waals surface area contributed by atoms with E-state index in [0.29, 0.717) is 29.2 Å². The number of carbonyl (C=O) groups excluding carboxylic acids is 1. The third-order valence-electron chi connectivity index (χ3n) is 7.23. The van der Waals surface area contributed by atoms with E-state index in [9.17, 15) is 22.0 Å². The normalized spacial score (nSPS) is 17.2. The van der Waals surface area contributed by atoms with Crippen molar-refractivity contribution in [1.29, 1.82) is 0 Å². The summed E-state index contributed by atoms with van der Waals surface area (Å²) >= 11 is 12.3. The van der Waals surface area contributed by atoms with Crippen LogP contribution in [0.25, 0.3) is 0 Å². The maximum atomic E-state index is 13.7. The van der Waals surface area contributed by atoms with Crippen LogP contribution >= 0.6 is 23.2 Å². The van der Waals surface area contributed by atoms with Crippen LogP contribution in [-0.4, -0.2) is 44.6 Å². The fourth-order valence-corrected chi connectivity index (χ4v) is 7.63. The molecule has 1 aliphatic carbocycles. The minimum atomic E-state index is -3.78. The van der Waals surface area contributed by atoms with Crippen molar-refractivity contribution >= 4 is 38.9 Å². The van der Waals surface area contributed by atoms with E-state index in [1.54, 1.807) is 0 Å². The third-order valence-corrected chi connectivity index (χ3v) is 9.56. The van der Waals surface area contributed by atoms with Gasteiger partial charge in [-0.25, -0.2) is 17.2 Å². The Morgan fingerprint density at radius 2 is 1.44 bits per heavy atom. The number of likely N-dealkylation sites (tertiary alicyclic amines) is 1. The van der Waals surface area contributed by atoms with Crippen molar-refractivity contribution in [1.82, 2.24) is 10.2 Å². The van der Waals surface area contributed by atoms with Crippen LogP contribution in [0.2, 0.25) is 10.0 Å². The number of hydrogen-bond donors (Lipinski definition) is 1. The van der Waals surface area contributed by atoms with Crippen LogP contribution < -0.4 is 5.32 Å². The van der Waals surface area contributed by atoms with Gasteiger partial charge in [0, 0.05) is 47.1 Å². The molecule has 1 saturated carbocycles. The number of rotatable bonds is 10. The molecule has 0 spiro atoms. The van der Waals surface area contributed by atoms with E-state index in [2.05, 4.69) is 10.2 Å². The highest BCUT2D eigenvalue weighted by Gasteiger charge is 2.49. The Balaban J connectivity index is 1.40. The van der Waals surface area contributed by atoms with E-state index in [4.69, 9.17) is 23.2 Å². The Bertz CT molecular complexity index is 1390. The summed E-state index contributed by atoms with van der Waals surface area (Å²) in [4.78, 5) is 14.6. The zero-order chi connectivity index (χ0) is 27.8. The van der Waals surface area contributed by atoms with Crippen LogP contribution in [0, 0.1) is 23.0 Å². The highest BCUT2D eigenvalue weighted by atomic mass is 35.5. The number of nitrogens with zero attached hydrogens (tertiary/aromatic N) is 1. The molecule has 0 bridgehead atoms. The van der Waals surface area contributed by atoms with Gasteiger partial charge < -0.3 is 5.32 Å². The Labute approximate surface area is 237 Å². The monoisotopic (exact) mass is 592 g/mol. The highest BCUT2D eigenvalue weighted by molar-refractivity contribution is 7.90. The first kappa shape index (κ1) is 28.0. The van der Waals surface area contributed by atoms with Crippen molar-refractivity contribution in [2.75, 3.05) is 25.4 Å². The standard InChI is InChI=1S/C29H28Cl2F2N2O3S/c30-23-7-3-20(4-8-23)27(21-5-9-24(31)10-6-21)35-16-29(17-35,15-34-28(36)22-1-2-22)18-39(37,38)14-19-11-25(32)13-26(33)12-19/h3-13,22,27H,1-2,14-18H2,(H,34,36). The molecule has 1 aliphatic heterocycles. The van der Waals surface area contributed by atoms with Crippen LogP contribution in [0.3, 0.4) is 0 Å². The summed E-state index contributed by atoms with van der Waals surface area (Å²) in [7, 11) is -3.78. The summed E-state index contributed by atoms with van der Waals surface area (Å²) in [6.07, 6.45) is 1.67. The molecule has 10 heteroatoms. The van der Waals surface area contributed by atoms with Gasteiger partial charge >= 0.3 is 0 Å². The fraction of sp³-hybridized carbons (Fsp3) is 0.345. The molecule has 5 nitrogen and oxygen atoms in total. The van der Waals surface area contributed by atoms with Crippen LogP contribution in [0.5, 0.6) is 0 Å². The molecule has 2 fully saturated rings. The predicted octanol–water partition coefficient (Wildman–Crippen LogP) is 5.80. The van der Waals surface area contributed by atoms with Crippen LogP contribution in [0.4, 0.5) is 8.78 Å². The van der Waals surface area contributed by atoms with Crippen molar-refractivity contribution in [2.24, 2.45) is 11.3 Å². The smallest absolute Gasteiger partial charge is 0.223 e. The molecule has 5 rings (SSSR count). The molecule has 0 aromatic heterocycles. The van der Waals surface area contributed by atoms with Gasteiger partial charge in [-0.2, -0.15) is 0 Å². The Morgan fingerprint density at radius 3 is 1.92 bits per heavy atom. The summed E-state index contributed by atoms with van der Waals surface area (Å²) in [6.45, 7) is 0.985. The maximum absolute atomic E-state index is 13.7. The number of nitrogens with one attached hydrogen (secondary N) is 1. The van der Waals surface area contributed by atoms with Gasteiger partial charge in [0.15, 0.2) is 9.84 Å². The maximum Gasteiger partial charge on any atom is 0.223 e. The molecule has 206 valence electrons. The van der Waals surface area contributed by atoms with Crippen LogP contribution in [0.15, 0.2) is 66.7 Å². The van der Waals surface area contributed by atoms with Gasteiger partial charge in [0.1, 0.15) is 11.6 Å². The van der Waals surface area contributed by atoms with Gasteiger partial charge in [-0.05, 0) is 65.9 Å². The number of halogens is 4. The van der Waals surface area contributed by atoms with Gasteiger partial charge in [-0.1, -0.05) is 47.5 Å². The molecule has 1 saturated heterocycles. The fourth-order valence-electron chi connectivity index (χ4n) is 5.39. The molecule has 3 aromatic rings. The second-order valence-electron chi connectivity index (χ2n) is 10.7. The van der Waals surface area contributed by atoms with Crippen molar-refractivity contribution in [3.63, 3.8) is 0 Å². The number of sulfone groups is 1. The number of hydrogen-bond acceptors (Lipinski definition) is 4. The molecular formula is C29H28Cl2F2N2O3S. The molecule has 1 amide bonds.